The summed E-state index contributed by atoms with van der Waals surface area (Å²) in [6.45, 7) is 2.26. The highest BCUT2D eigenvalue weighted by molar-refractivity contribution is 7.18. The van der Waals surface area contributed by atoms with Gasteiger partial charge in [-0.3, -0.25) is 4.79 Å². The molecule has 3 aromatic rings. The van der Waals surface area contributed by atoms with E-state index in [1.807, 2.05) is 35.6 Å². The van der Waals surface area contributed by atoms with Crippen molar-refractivity contribution in [3.63, 3.8) is 0 Å². The first kappa shape index (κ1) is 23.2. The molecule has 1 aromatic heterocycles. The molecule has 2 aromatic carbocycles. The van der Waals surface area contributed by atoms with Crippen LogP contribution >= 0.6 is 11.3 Å². The summed E-state index contributed by atoms with van der Waals surface area (Å²) in [5.41, 5.74) is 1.94. The monoisotopic (exact) mass is 473 g/mol. The molecule has 2 aliphatic carbocycles. The Balaban J connectivity index is 1.12. The second-order valence-corrected chi connectivity index (χ2v) is 10.8. The molecule has 4 heteroatoms. The summed E-state index contributed by atoms with van der Waals surface area (Å²) in [6.07, 6.45) is 14.1. The molecule has 1 heterocycles. The summed E-state index contributed by atoms with van der Waals surface area (Å²) in [5.74, 6) is 0.372. The van der Waals surface area contributed by atoms with Crippen LogP contribution in [0.5, 0.6) is 0 Å². The maximum absolute atomic E-state index is 14.4. The topological polar surface area (TPSA) is 30.0 Å². The van der Waals surface area contributed by atoms with Crippen LogP contribution in [0.4, 0.5) is 4.39 Å². The molecule has 0 saturated carbocycles. The third-order valence-electron chi connectivity index (χ3n) is 7.18. The fourth-order valence-electron chi connectivity index (χ4n) is 5.23. The highest BCUT2D eigenvalue weighted by Crippen LogP contribution is 2.44. The Bertz CT molecular complexity index is 1200. The van der Waals surface area contributed by atoms with Crippen molar-refractivity contribution in [2.75, 3.05) is 0 Å². The second kappa shape index (κ2) is 9.95. The minimum Gasteiger partial charge on any atom is -0.290 e. The first-order valence-electron chi connectivity index (χ1n) is 12.7. The number of allylic oxidation sites excluding steroid dienone is 4. The van der Waals surface area contributed by atoms with Crippen LogP contribution in [0.25, 0.3) is 15.8 Å². The second-order valence-electron chi connectivity index (χ2n) is 9.70. The maximum Gasteiger partial charge on any atom is 0.210 e. The van der Waals surface area contributed by atoms with E-state index in [9.17, 15) is 9.18 Å². The maximum atomic E-state index is 14.4. The van der Waals surface area contributed by atoms with Crippen molar-refractivity contribution in [1.29, 1.82) is 0 Å². The number of ketones is 1. The van der Waals surface area contributed by atoms with Gasteiger partial charge in [0.1, 0.15) is 0 Å². The highest BCUT2D eigenvalue weighted by Gasteiger charge is 2.45. The lowest BCUT2D eigenvalue weighted by molar-refractivity contribution is -0.118. The summed E-state index contributed by atoms with van der Waals surface area (Å²) >= 11 is 1.86. The summed E-state index contributed by atoms with van der Waals surface area (Å²) in [7, 11) is 0. The average molecular weight is 474 g/mol. The number of unbranched alkanes of at least 4 members (excludes halogenated alkanes) is 3. The molecule has 0 amide bonds. The minimum atomic E-state index is -1.84. The molecule has 2 atom stereocenters. The number of benzene rings is 2. The Morgan fingerprint density at radius 3 is 2.59 bits per heavy atom. The predicted octanol–water partition coefficient (Wildman–Crippen LogP) is 8.55. The fraction of sp³-hybridized carbons (Fsp3) is 0.400. The number of carbonyl (C=O) groups is 1. The van der Waals surface area contributed by atoms with Gasteiger partial charge in [0, 0.05) is 17.4 Å². The first-order chi connectivity index (χ1) is 16.6. The Kier molecular flexibility index (Phi) is 6.78. The summed E-state index contributed by atoms with van der Waals surface area (Å²) in [5, 5.41) is 1.30. The number of hydrogen-bond donors (Lipinski definition) is 0. The lowest BCUT2D eigenvalue weighted by Gasteiger charge is -2.14. The number of para-hydroxylation sites is 1. The normalized spacial score (nSPS) is 18.6. The van der Waals surface area contributed by atoms with Crippen molar-refractivity contribution in [3.05, 3.63) is 82.9 Å². The van der Waals surface area contributed by atoms with Gasteiger partial charge in [-0.15, -0.1) is 11.3 Å². The van der Waals surface area contributed by atoms with E-state index < -0.39 is 11.5 Å². The summed E-state index contributed by atoms with van der Waals surface area (Å²) in [4.78, 5) is 17.6. The lowest BCUT2D eigenvalue weighted by atomic mass is 9.93. The number of alkyl halides is 1. The van der Waals surface area contributed by atoms with Crippen LogP contribution < -0.4 is 0 Å². The molecule has 5 rings (SSSR count). The molecule has 2 unspecified atom stereocenters. The number of aromatic nitrogens is 1. The van der Waals surface area contributed by atoms with Crippen molar-refractivity contribution in [1.82, 2.24) is 4.98 Å². The van der Waals surface area contributed by atoms with E-state index in [1.54, 1.807) is 0 Å². The van der Waals surface area contributed by atoms with Crippen LogP contribution in [0.15, 0.2) is 66.8 Å². The third-order valence-corrected chi connectivity index (χ3v) is 8.38. The standard InChI is InChI=1S/C30H32FNOS/c1-2-11-21(29-32-26-16-9-10-17-27(26)34-29)12-5-3-4-6-13-22-20-25(28(33)30(31)18-19-30)24-15-8-7-14-23(22)24/h7-10,14-22H,2-6,11-13H2,1H3. The average Bonchev–Trinajstić information content (AvgIpc) is 3.30. The Morgan fingerprint density at radius 1 is 1.03 bits per heavy atom. The van der Waals surface area contributed by atoms with Gasteiger partial charge in [-0.2, -0.15) is 0 Å². The Labute approximate surface area is 205 Å². The zero-order valence-corrected chi connectivity index (χ0v) is 20.6. The molecule has 176 valence electrons. The molecule has 2 aliphatic rings. The van der Waals surface area contributed by atoms with E-state index >= 15 is 0 Å². The molecule has 0 fully saturated rings. The number of hydrogen-bond acceptors (Lipinski definition) is 3. The van der Waals surface area contributed by atoms with Gasteiger partial charge in [-0.05, 0) is 54.7 Å². The van der Waals surface area contributed by atoms with E-state index in [0.717, 1.165) is 23.9 Å². The fourth-order valence-corrected chi connectivity index (χ4v) is 6.36. The molecule has 0 saturated heterocycles. The summed E-state index contributed by atoms with van der Waals surface area (Å²) in [6, 6.07) is 16.4. The SMILES string of the molecule is CCCC(CCCCCCC1C=C(C(=O)C2(F)C=C2)c2ccccc21)c1nc2ccccc2s1. The zero-order chi connectivity index (χ0) is 23.5. The molecular weight excluding hydrogens is 441 g/mol. The van der Waals surface area contributed by atoms with E-state index in [1.165, 1.54) is 65.9 Å². The zero-order valence-electron chi connectivity index (χ0n) is 19.8. The van der Waals surface area contributed by atoms with E-state index in [0.29, 0.717) is 11.5 Å². The van der Waals surface area contributed by atoms with Crippen molar-refractivity contribution < 1.29 is 9.18 Å². The molecule has 0 radical (unpaired) electrons. The van der Waals surface area contributed by atoms with Gasteiger partial charge in [0.25, 0.3) is 0 Å². The van der Waals surface area contributed by atoms with Crippen LogP contribution in [0.1, 0.15) is 86.3 Å². The lowest BCUT2D eigenvalue weighted by Crippen LogP contribution is -2.19. The van der Waals surface area contributed by atoms with Gasteiger partial charge in [0.2, 0.25) is 11.5 Å². The Morgan fingerprint density at radius 2 is 1.79 bits per heavy atom. The molecule has 0 aliphatic heterocycles. The van der Waals surface area contributed by atoms with E-state index in [2.05, 4.69) is 37.3 Å². The van der Waals surface area contributed by atoms with Gasteiger partial charge >= 0.3 is 0 Å². The molecule has 0 bridgehead atoms. The largest absolute Gasteiger partial charge is 0.290 e. The smallest absolute Gasteiger partial charge is 0.210 e. The van der Waals surface area contributed by atoms with Gasteiger partial charge in [0.15, 0.2) is 0 Å². The quantitative estimate of drug-likeness (QED) is 0.195. The van der Waals surface area contributed by atoms with Gasteiger partial charge in [-0.25, -0.2) is 9.37 Å². The number of Topliss-reactive ketones (excluding diaryl/α,β-unsaturated/α-hetero) is 1. The van der Waals surface area contributed by atoms with Gasteiger partial charge in [0.05, 0.1) is 15.2 Å². The van der Waals surface area contributed by atoms with Gasteiger partial charge in [-0.1, -0.05) is 81.5 Å². The van der Waals surface area contributed by atoms with Crippen LogP contribution in [0.2, 0.25) is 0 Å². The van der Waals surface area contributed by atoms with Crippen LogP contribution in [0.3, 0.4) is 0 Å². The van der Waals surface area contributed by atoms with Crippen LogP contribution in [-0.2, 0) is 4.79 Å². The van der Waals surface area contributed by atoms with Crippen molar-refractivity contribution in [3.8, 4) is 0 Å². The number of thiazole rings is 1. The van der Waals surface area contributed by atoms with Crippen LogP contribution in [0, 0.1) is 0 Å². The minimum absolute atomic E-state index is 0.216. The third kappa shape index (κ3) is 4.79. The van der Waals surface area contributed by atoms with Gasteiger partial charge < -0.3 is 0 Å². The van der Waals surface area contributed by atoms with Crippen molar-refractivity contribution in [2.45, 2.75) is 75.8 Å². The molecule has 0 N–H and O–H groups in total. The number of nitrogens with zero attached hydrogens (tertiary/aromatic N) is 1. The van der Waals surface area contributed by atoms with E-state index in [-0.39, 0.29) is 5.92 Å². The molecule has 2 nitrogen and oxygen atoms in total. The molecular formula is C30H32FNOS. The first-order valence-corrected chi connectivity index (χ1v) is 13.5. The van der Waals surface area contributed by atoms with Crippen molar-refractivity contribution in [2.24, 2.45) is 0 Å². The molecule has 0 spiro atoms. The Hall–Kier alpha value is -2.59. The van der Waals surface area contributed by atoms with Crippen LogP contribution in [-0.4, -0.2) is 16.4 Å². The molecule has 34 heavy (non-hydrogen) atoms. The number of halogens is 1. The number of carbonyl (C=O) groups excluding carboxylic acids is 1. The summed E-state index contributed by atoms with van der Waals surface area (Å²) < 4.78 is 15.6. The van der Waals surface area contributed by atoms with E-state index in [4.69, 9.17) is 4.98 Å². The highest BCUT2D eigenvalue weighted by atomic mass is 32.1. The number of fused-ring (bicyclic) bond motifs is 2. The van der Waals surface area contributed by atoms with Crippen molar-refractivity contribution >= 4 is 32.9 Å². The number of rotatable bonds is 12. The predicted molar refractivity (Wildman–Crippen MR) is 140 cm³/mol.